The Bertz CT molecular complexity index is 1590. The van der Waals surface area contributed by atoms with Crippen LogP contribution in [0.2, 0.25) is 0 Å². The van der Waals surface area contributed by atoms with Crippen molar-refractivity contribution >= 4 is 11.4 Å². The second kappa shape index (κ2) is 10.4. The van der Waals surface area contributed by atoms with Gasteiger partial charge in [-0.3, -0.25) is 0 Å². The number of nitrogens with one attached hydrogen (secondary N) is 1. The van der Waals surface area contributed by atoms with Crippen molar-refractivity contribution in [3.8, 4) is 44.5 Å². The van der Waals surface area contributed by atoms with E-state index >= 15 is 0 Å². The molecule has 176 valence electrons. The fourth-order valence-electron chi connectivity index (χ4n) is 4.74. The number of anilines is 2. The second-order valence-electron chi connectivity index (χ2n) is 9.14. The van der Waals surface area contributed by atoms with E-state index in [1.54, 1.807) is 0 Å². The Labute approximate surface area is 218 Å². The molecule has 0 heterocycles. The van der Waals surface area contributed by atoms with E-state index in [1.165, 1.54) is 44.5 Å². The van der Waals surface area contributed by atoms with Crippen LogP contribution in [0.5, 0.6) is 0 Å². The molecule has 0 aliphatic carbocycles. The van der Waals surface area contributed by atoms with Gasteiger partial charge in [-0.25, -0.2) is 0 Å². The largest absolute Gasteiger partial charge is 0.356 e. The van der Waals surface area contributed by atoms with Crippen molar-refractivity contribution in [2.45, 2.75) is 0 Å². The van der Waals surface area contributed by atoms with Gasteiger partial charge in [0.05, 0.1) is 0 Å². The molecule has 6 aromatic carbocycles. The summed E-state index contributed by atoms with van der Waals surface area (Å²) in [4.78, 5) is 0. The van der Waals surface area contributed by atoms with E-state index in [2.05, 4.69) is 145 Å². The molecule has 1 heteroatoms. The molecule has 0 radical (unpaired) electrons. The number of para-hydroxylation sites is 1. The lowest BCUT2D eigenvalue weighted by molar-refractivity contribution is 1.53. The summed E-state index contributed by atoms with van der Waals surface area (Å²) in [6, 6.07) is 55.8. The van der Waals surface area contributed by atoms with Crippen LogP contribution in [0.3, 0.4) is 0 Å². The molecular formula is C36H27N. The Kier molecular flexibility index (Phi) is 6.34. The minimum Gasteiger partial charge on any atom is -0.356 e. The molecule has 0 aliphatic heterocycles. The third kappa shape index (κ3) is 5.07. The van der Waals surface area contributed by atoms with Crippen molar-refractivity contribution in [1.82, 2.24) is 0 Å². The van der Waals surface area contributed by atoms with Crippen LogP contribution < -0.4 is 5.32 Å². The zero-order valence-corrected chi connectivity index (χ0v) is 20.5. The summed E-state index contributed by atoms with van der Waals surface area (Å²) in [6.07, 6.45) is 0. The maximum absolute atomic E-state index is 3.45. The van der Waals surface area contributed by atoms with Crippen LogP contribution in [0.1, 0.15) is 0 Å². The lowest BCUT2D eigenvalue weighted by atomic mass is 9.91. The molecule has 1 nitrogen and oxygen atoms in total. The van der Waals surface area contributed by atoms with E-state index in [-0.39, 0.29) is 0 Å². The normalized spacial score (nSPS) is 10.7. The summed E-state index contributed by atoms with van der Waals surface area (Å²) in [5, 5.41) is 3.45. The molecule has 0 aliphatic rings. The van der Waals surface area contributed by atoms with Crippen LogP contribution in [0.25, 0.3) is 44.5 Å². The first-order chi connectivity index (χ1) is 18.3. The third-order valence-electron chi connectivity index (χ3n) is 6.69. The van der Waals surface area contributed by atoms with Gasteiger partial charge in [0.1, 0.15) is 0 Å². The molecule has 6 rings (SSSR count). The Morgan fingerprint density at radius 1 is 0.270 bits per heavy atom. The Balaban J connectivity index is 1.28. The molecule has 0 saturated heterocycles. The Morgan fingerprint density at radius 3 is 1.24 bits per heavy atom. The third-order valence-corrected chi connectivity index (χ3v) is 6.69. The van der Waals surface area contributed by atoms with Crippen LogP contribution in [-0.4, -0.2) is 0 Å². The molecular weight excluding hydrogens is 446 g/mol. The first-order valence-corrected chi connectivity index (χ1v) is 12.6. The quantitative estimate of drug-likeness (QED) is 0.254. The van der Waals surface area contributed by atoms with E-state index in [4.69, 9.17) is 0 Å². The number of benzene rings is 6. The van der Waals surface area contributed by atoms with Crippen LogP contribution in [0.15, 0.2) is 158 Å². The van der Waals surface area contributed by atoms with E-state index < -0.39 is 0 Å². The molecule has 1 N–H and O–H groups in total. The molecule has 0 atom stereocenters. The molecule has 0 saturated carbocycles. The van der Waals surface area contributed by atoms with Crippen LogP contribution in [-0.2, 0) is 0 Å². The SMILES string of the molecule is c1ccc(Nc2ccc(-c3ccc(-c4ccc(-c5ccccc5)c(-c5ccccc5)c4)cc3)cc2)cc1. The van der Waals surface area contributed by atoms with Gasteiger partial charge in [0, 0.05) is 11.4 Å². The highest BCUT2D eigenvalue weighted by atomic mass is 14.9. The van der Waals surface area contributed by atoms with Crippen molar-refractivity contribution in [3.05, 3.63) is 158 Å². The van der Waals surface area contributed by atoms with Crippen molar-refractivity contribution < 1.29 is 0 Å². The fraction of sp³-hybridized carbons (Fsp3) is 0. The smallest absolute Gasteiger partial charge is 0.0384 e. The number of hydrogen-bond donors (Lipinski definition) is 1. The van der Waals surface area contributed by atoms with Crippen molar-refractivity contribution in [1.29, 1.82) is 0 Å². The molecule has 37 heavy (non-hydrogen) atoms. The van der Waals surface area contributed by atoms with Gasteiger partial charge in [0.2, 0.25) is 0 Å². The van der Waals surface area contributed by atoms with Gasteiger partial charge < -0.3 is 5.32 Å². The molecule has 6 aromatic rings. The summed E-state index contributed by atoms with van der Waals surface area (Å²) < 4.78 is 0. The topological polar surface area (TPSA) is 12.0 Å². The summed E-state index contributed by atoms with van der Waals surface area (Å²) in [6.45, 7) is 0. The van der Waals surface area contributed by atoms with Gasteiger partial charge >= 0.3 is 0 Å². The van der Waals surface area contributed by atoms with Gasteiger partial charge in [-0.15, -0.1) is 0 Å². The highest BCUT2D eigenvalue weighted by Crippen LogP contribution is 2.36. The van der Waals surface area contributed by atoms with E-state index in [1.807, 2.05) is 18.2 Å². The predicted octanol–water partition coefficient (Wildman–Crippen LogP) is 10.1. The van der Waals surface area contributed by atoms with Crippen molar-refractivity contribution in [2.75, 3.05) is 5.32 Å². The molecule has 0 fully saturated rings. The summed E-state index contributed by atoms with van der Waals surface area (Å²) in [5.74, 6) is 0. The molecule has 0 amide bonds. The zero-order chi connectivity index (χ0) is 24.9. The first-order valence-electron chi connectivity index (χ1n) is 12.6. The van der Waals surface area contributed by atoms with Crippen molar-refractivity contribution in [2.24, 2.45) is 0 Å². The maximum Gasteiger partial charge on any atom is 0.0384 e. The predicted molar refractivity (Wildman–Crippen MR) is 158 cm³/mol. The molecule has 0 spiro atoms. The highest BCUT2D eigenvalue weighted by Gasteiger charge is 2.10. The summed E-state index contributed by atoms with van der Waals surface area (Å²) in [7, 11) is 0. The number of hydrogen-bond acceptors (Lipinski definition) is 1. The van der Waals surface area contributed by atoms with E-state index in [0.717, 1.165) is 11.4 Å². The van der Waals surface area contributed by atoms with Gasteiger partial charge in [-0.05, 0) is 74.8 Å². The zero-order valence-electron chi connectivity index (χ0n) is 20.5. The van der Waals surface area contributed by atoms with Gasteiger partial charge in [-0.1, -0.05) is 127 Å². The van der Waals surface area contributed by atoms with Gasteiger partial charge in [-0.2, -0.15) is 0 Å². The van der Waals surface area contributed by atoms with E-state index in [9.17, 15) is 0 Å². The minimum absolute atomic E-state index is 1.08. The van der Waals surface area contributed by atoms with Crippen LogP contribution >= 0.6 is 0 Å². The van der Waals surface area contributed by atoms with Gasteiger partial charge in [0.25, 0.3) is 0 Å². The first kappa shape index (κ1) is 22.6. The lowest BCUT2D eigenvalue weighted by Crippen LogP contribution is -1.89. The summed E-state index contributed by atoms with van der Waals surface area (Å²) >= 11 is 0. The molecule has 0 bridgehead atoms. The van der Waals surface area contributed by atoms with Crippen LogP contribution in [0, 0.1) is 0 Å². The molecule has 0 aromatic heterocycles. The maximum atomic E-state index is 3.45. The average molecular weight is 474 g/mol. The molecule has 0 unspecified atom stereocenters. The van der Waals surface area contributed by atoms with Gasteiger partial charge in [0.15, 0.2) is 0 Å². The van der Waals surface area contributed by atoms with E-state index in [0.29, 0.717) is 0 Å². The second-order valence-corrected chi connectivity index (χ2v) is 9.14. The highest BCUT2D eigenvalue weighted by molar-refractivity contribution is 5.87. The van der Waals surface area contributed by atoms with Crippen molar-refractivity contribution in [3.63, 3.8) is 0 Å². The monoisotopic (exact) mass is 473 g/mol. The standard InChI is InChI=1S/C36H27N/c1-4-10-30(11-5-1)35-25-22-32(26-36(35)31-12-6-2-7-13-31)29-18-16-27(17-19-29)28-20-23-34(24-21-28)37-33-14-8-3-9-15-33/h1-26,37H. The average Bonchev–Trinajstić information content (AvgIpc) is 2.99. The Hall–Kier alpha value is -4.88. The lowest BCUT2D eigenvalue weighted by Gasteiger charge is -2.14. The van der Waals surface area contributed by atoms with Crippen LogP contribution in [0.4, 0.5) is 11.4 Å². The fourth-order valence-corrected chi connectivity index (χ4v) is 4.74. The number of rotatable bonds is 6. The minimum atomic E-state index is 1.08. The summed E-state index contributed by atoms with van der Waals surface area (Å²) in [5.41, 5.74) is 12.0. The Morgan fingerprint density at radius 2 is 0.676 bits per heavy atom.